The lowest BCUT2D eigenvalue weighted by atomic mass is 9.98. The average molecular weight is 248 g/mol. The highest BCUT2D eigenvalue weighted by Crippen LogP contribution is 2.21. The van der Waals surface area contributed by atoms with Crippen molar-refractivity contribution >= 4 is 11.7 Å². The number of hydrogen-bond donors (Lipinski definition) is 1. The molecule has 98 valence electrons. The third-order valence-corrected chi connectivity index (χ3v) is 3.62. The van der Waals surface area contributed by atoms with Crippen molar-refractivity contribution in [2.75, 3.05) is 18.8 Å². The molecule has 1 aliphatic rings. The van der Waals surface area contributed by atoms with E-state index < -0.39 is 0 Å². The number of amides is 1. The first-order chi connectivity index (χ1) is 8.70. The van der Waals surface area contributed by atoms with Crippen molar-refractivity contribution in [1.82, 2.24) is 15.1 Å². The van der Waals surface area contributed by atoms with Gasteiger partial charge in [-0.25, -0.2) is 0 Å². The Morgan fingerprint density at radius 3 is 2.89 bits per heavy atom. The highest BCUT2D eigenvalue weighted by Gasteiger charge is 2.21. The van der Waals surface area contributed by atoms with Gasteiger partial charge in [-0.05, 0) is 37.3 Å². The van der Waals surface area contributed by atoms with Crippen molar-refractivity contribution in [3.63, 3.8) is 0 Å². The molecule has 1 fully saturated rings. The van der Waals surface area contributed by atoms with Crippen molar-refractivity contribution in [2.24, 2.45) is 5.92 Å². The van der Waals surface area contributed by atoms with Gasteiger partial charge in [0.25, 0.3) is 5.91 Å². The SMILES string of the molecule is CCC1CCCN(C(=O)c2ccc(N)nn2)CC1. The fourth-order valence-electron chi connectivity index (χ4n) is 2.40. The number of nitrogens with zero attached hydrogens (tertiary/aromatic N) is 3. The quantitative estimate of drug-likeness (QED) is 0.864. The second kappa shape index (κ2) is 5.80. The summed E-state index contributed by atoms with van der Waals surface area (Å²) in [5.74, 6) is 1.06. The standard InChI is InChI=1S/C13H20N4O/c1-2-10-4-3-8-17(9-7-10)13(18)11-5-6-12(14)16-15-11/h5-6,10H,2-4,7-9H2,1H3,(H2,14,16). The molecule has 0 saturated carbocycles. The molecule has 1 amide bonds. The molecule has 0 bridgehead atoms. The first-order valence-electron chi connectivity index (χ1n) is 6.59. The molecule has 18 heavy (non-hydrogen) atoms. The van der Waals surface area contributed by atoms with Gasteiger partial charge in [-0.3, -0.25) is 4.79 Å². The van der Waals surface area contributed by atoms with E-state index in [4.69, 9.17) is 5.73 Å². The van der Waals surface area contributed by atoms with E-state index in [-0.39, 0.29) is 5.91 Å². The zero-order valence-electron chi connectivity index (χ0n) is 10.8. The van der Waals surface area contributed by atoms with Crippen LogP contribution in [0.2, 0.25) is 0 Å². The Morgan fingerprint density at radius 1 is 1.39 bits per heavy atom. The summed E-state index contributed by atoms with van der Waals surface area (Å²) < 4.78 is 0. The summed E-state index contributed by atoms with van der Waals surface area (Å²) in [6, 6.07) is 3.26. The molecule has 1 aromatic rings. The molecule has 0 aromatic carbocycles. The smallest absolute Gasteiger partial charge is 0.274 e. The van der Waals surface area contributed by atoms with Gasteiger partial charge in [-0.2, -0.15) is 0 Å². The molecule has 1 unspecified atom stereocenters. The fraction of sp³-hybridized carbons (Fsp3) is 0.615. The van der Waals surface area contributed by atoms with Gasteiger partial charge in [0, 0.05) is 13.1 Å². The lowest BCUT2D eigenvalue weighted by molar-refractivity contribution is 0.0753. The number of carbonyl (C=O) groups excluding carboxylic acids is 1. The molecule has 0 radical (unpaired) electrons. The second-order valence-corrected chi connectivity index (χ2v) is 4.84. The van der Waals surface area contributed by atoms with E-state index in [1.165, 1.54) is 12.8 Å². The van der Waals surface area contributed by atoms with Crippen LogP contribution in [0.25, 0.3) is 0 Å². The predicted molar refractivity (Wildman–Crippen MR) is 70.0 cm³/mol. The monoisotopic (exact) mass is 248 g/mol. The summed E-state index contributed by atoms with van der Waals surface area (Å²) >= 11 is 0. The summed E-state index contributed by atoms with van der Waals surface area (Å²) in [7, 11) is 0. The minimum atomic E-state index is -0.0285. The number of aromatic nitrogens is 2. The van der Waals surface area contributed by atoms with Crippen molar-refractivity contribution in [1.29, 1.82) is 0 Å². The number of rotatable bonds is 2. The molecule has 5 nitrogen and oxygen atoms in total. The molecule has 2 heterocycles. The summed E-state index contributed by atoms with van der Waals surface area (Å²) in [6.45, 7) is 3.86. The van der Waals surface area contributed by atoms with E-state index in [0.29, 0.717) is 11.5 Å². The molecule has 1 saturated heterocycles. The second-order valence-electron chi connectivity index (χ2n) is 4.84. The largest absolute Gasteiger partial charge is 0.382 e. The summed E-state index contributed by atoms with van der Waals surface area (Å²) in [5.41, 5.74) is 5.86. The molecule has 0 spiro atoms. The Balaban J connectivity index is 2.02. The maximum Gasteiger partial charge on any atom is 0.274 e. The normalized spacial score (nSPS) is 20.5. The molecule has 1 aliphatic heterocycles. The van der Waals surface area contributed by atoms with Crippen LogP contribution in [0.1, 0.15) is 43.1 Å². The van der Waals surface area contributed by atoms with E-state index in [1.54, 1.807) is 12.1 Å². The molecular weight excluding hydrogens is 228 g/mol. The number of carbonyl (C=O) groups is 1. The summed E-state index contributed by atoms with van der Waals surface area (Å²) in [5, 5.41) is 7.59. The Labute approximate surface area is 107 Å². The fourth-order valence-corrected chi connectivity index (χ4v) is 2.40. The first kappa shape index (κ1) is 12.8. The Kier molecular flexibility index (Phi) is 4.12. The van der Waals surface area contributed by atoms with Crippen molar-refractivity contribution < 1.29 is 4.79 Å². The van der Waals surface area contributed by atoms with E-state index in [0.717, 1.165) is 31.8 Å². The minimum absolute atomic E-state index is 0.0285. The van der Waals surface area contributed by atoms with Crippen LogP contribution in [-0.2, 0) is 0 Å². The molecule has 1 aromatic heterocycles. The van der Waals surface area contributed by atoms with E-state index in [1.807, 2.05) is 4.90 Å². The number of hydrogen-bond acceptors (Lipinski definition) is 4. The zero-order chi connectivity index (χ0) is 13.0. The van der Waals surface area contributed by atoms with Gasteiger partial charge in [0.1, 0.15) is 5.82 Å². The third kappa shape index (κ3) is 2.97. The summed E-state index contributed by atoms with van der Waals surface area (Å²) in [6.07, 6.45) is 4.58. The Bertz CT molecular complexity index is 404. The lowest BCUT2D eigenvalue weighted by Crippen LogP contribution is -2.32. The maximum absolute atomic E-state index is 12.2. The van der Waals surface area contributed by atoms with Gasteiger partial charge in [0.15, 0.2) is 5.69 Å². The number of anilines is 1. The van der Waals surface area contributed by atoms with Crippen LogP contribution in [0.3, 0.4) is 0 Å². The van der Waals surface area contributed by atoms with Gasteiger partial charge in [0.2, 0.25) is 0 Å². The molecule has 2 rings (SSSR count). The van der Waals surface area contributed by atoms with Crippen LogP contribution < -0.4 is 5.73 Å². The van der Waals surface area contributed by atoms with E-state index >= 15 is 0 Å². The molecule has 1 atom stereocenters. The van der Waals surface area contributed by atoms with Gasteiger partial charge >= 0.3 is 0 Å². The van der Waals surface area contributed by atoms with E-state index in [9.17, 15) is 4.79 Å². The average Bonchev–Trinajstić information content (AvgIpc) is 2.64. The maximum atomic E-state index is 12.2. The van der Waals surface area contributed by atoms with Crippen LogP contribution in [-0.4, -0.2) is 34.1 Å². The van der Waals surface area contributed by atoms with Gasteiger partial charge in [0.05, 0.1) is 0 Å². The number of nitrogens with two attached hydrogens (primary N) is 1. The zero-order valence-corrected chi connectivity index (χ0v) is 10.8. The van der Waals surface area contributed by atoms with Crippen molar-refractivity contribution in [2.45, 2.75) is 32.6 Å². The van der Waals surface area contributed by atoms with Crippen LogP contribution >= 0.6 is 0 Å². The van der Waals surface area contributed by atoms with Crippen LogP contribution in [0, 0.1) is 5.92 Å². The molecular formula is C13H20N4O. The third-order valence-electron chi connectivity index (χ3n) is 3.62. The summed E-state index contributed by atoms with van der Waals surface area (Å²) in [4.78, 5) is 14.1. The highest BCUT2D eigenvalue weighted by atomic mass is 16.2. The minimum Gasteiger partial charge on any atom is -0.382 e. The first-order valence-corrected chi connectivity index (χ1v) is 6.59. The molecule has 5 heteroatoms. The van der Waals surface area contributed by atoms with Crippen molar-refractivity contribution in [3.05, 3.63) is 17.8 Å². The Hall–Kier alpha value is -1.65. The number of nitrogen functional groups attached to an aromatic ring is 1. The highest BCUT2D eigenvalue weighted by molar-refractivity contribution is 5.92. The van der Waals surface area contributed by atoms with Gasteiger partial charge < -0.3 is 10.6 Å². The number of likely N-dealkylation sites (tertiary alicyclic amines) is 1. The molecule has 0 aliphatic carbocycles. The van der Waals surface area contributed by atoms with Gasteiger partial charge in [-0.1, -0.05) is 13.3 Å². The van der Waals surface area contributed by atoms with Crippen molar-refractivity contribution in [3.8, 4) is 0 Å². The topological polar surface area (TPSA) is 72.1 Å². The van der Waals surface area contributed by atoms with Crippen LogP contribution in [0.4, 0.5) is 5.82 Å². The molecule has 2 N–H and O–H groups in total. The van der Waals surface area contributed by atoms with Gasteiger partial charge in [-0.15, -0.1) is 10.2 Å². The van der Waals surface area contributed by atoms with Crippen LogP contribution in [0.15, 0.2) is 12.1 Å². The van der Waals surface area contributed by atoms with E-state index in [2.05, 4.69) is 17.1 Å². The lowest BCUT2D eigenvalue weighted by Gasteiger charge is -2.19. The predicted octanol–water partition coefficient (Wildman–Crippen LogP) is 1.71. The Morgan fingerprint density at radius 2 is 2.22 bits per heavy atom. The van der Waals surface area contributed by atoms with Crippen LogP contribution in [0.5, 0.6) is 0 Å².